The number of amides is 1. The van der Waals surface area contributed by atoms with Crippen LogP contribution in [0.15, 0.2) is 0 Å². The van der Waals surface area contributed by atoms with Gasteiger partial charge in [0.15, 0.2) is 0 Å². The van der Waals surface area contributed by atoms with E-state index in [9.17, 15) is 4.79 Å². The standard InChI is InChI=1S/C12H22N2O/c1-13-8-10(9-13)12(15)14(2)11-6-4-3-5-7-11/h10-11H,3-9H2,1-2H3. The molecule has 1 aliphatic carbocycles. The van der Waals surface area contributed by atoms with Crippen LogP contribution in [0.4, 0.5) is 0 Å². The van der Waals surface area contributed by atoms with Crippen LogP contribution < -0.4 is 0 Å². The lowest BCUT2D eigenvalue weighted by Crippen LogP contribution is -2.54. The first-order valence-electron chi connectivity index (χ1n) is 6.13. The Morgan fingerprint density at radius 1 is 1.20 bits per heavy atom. The van der Waals surface area contributed by atoms with Crippen molar-refractivity contribution in [1.82, 2.24) is 9.80 Å². The van der Waals surface area contributed by atoms with E-state index in [0.29, 0.717) is 11.9 Å². The minimum absolute atomic E-state index is 0.280. The predicted octanol–water partition coefficient (Wildman–Crippen LogP) is 1.34. The van der Waals surface area contributed by atoms with Crippen LogP contribution >= 0.6 is 0 Å². The van der Waals surface area contributed by atoms with Crippen LogP contribution in [0.3, 0.4) is 0 Å². The molecule has 0 bridgehead atoms. The highest BCUT2D eigenvalue weighted by molar-refractivity contribution is 5.80. The zero-order valence-corrected chi connectivity index (χ0v) is 9.91. The van der Waals surface area contributed by atoms with Gasteiger partial charge in [0.2, 0.25) is 5.91 Å². The van der Waals surface area contributed by atoms with Crippen molar-refractivity contribution in [2.75, 3.05) is 27.2 Å². The van der Waals surface area contributed by atoms with Crippen molar-refractivity contribution >= 4 is 5.91 Å². The number of hydrogen-bond donors (Lipinski definition) is 0. The first-order valence-corrected chi connectivity index (χ1v) is 6.13. The Hall–Kier alpha value is -0.570. The van der Waals surface area contributed by atoms with Crippen LogP contribution in [-0.2, 0) is 4.79 Å². The molecular weight excluding hydrogens is 188 g/mol. The van der Waals surface area contributed by atoms with Crippen LogP contribution in [-0.4, -0.2) is 48.9 Å². The molecule has 0 aromatic carbocycles. The fraction of sp³-hybridized carbons (Fsp3) is 0.917. The molecule has 1 aliphatic heterocycles. The number of carbonyl (C=O) groups is 1. The van der Waals surface area contributed by atoms with Gasteiger partial charge in [-0.1, -0.05) is 19.3 Å². The Balaban J connectivity index is 1.83. The summed E-state index contributed by atoms with van der Waals surface area (Å²) in [4.78, 5) is 16.3. The molecule has 0 N–H and O–H groups in total. The van der Waals surface area contributed by atoms with Gasteiger partial charge in [0.25, 0.3) is 0 Å². The van der Waals surface area contributed by atoms with E-state index in [-0.39, 0.29) is 5.92 Å². The molecule has 0 spiro atoms. The van der Waals surface area contributed by atoms with Crippen molar-refractivity contribution in [2.24, 2.45) is 5.92 Å². The Morgan fingerprint density at radius 3 is 2.33 bits per heavy atom. The van der Waals surface area contributed by atoms with Crippen LogP contribution in [0.5, 0.6) is 0 Å². The zero-order chi connectivity index (χ0) is 10.8. The summed E-state index contributed by atoms with van der Waals surface area (Å²) in [5, 5.41) is 0. The summed E-state index contributed by atoms with van der Waals surface area (Å²) in [5.41, 5.74) is 0. The lowest BCUT2D eigenvalue weighted by atomic mass is 9.92. The van der Waals surface area contributed by atoms with E-state index < -0.39 is 0 Å². The topological polar surface area (TPSA) is 23.6 Å². The molecule has 86 valence electrons. The summed E-state index contributed by atoms with van der Waals surface area (Å²) in [7, 11) is 4.07. The van der Waals surface area contributed by atoms with Gasteiger partial charge in [-0.05, 0) is 19.9 Å². The molecule has 0 aromatic heterocycles. The molecule has 3 heteroatoms. The van der Waals surface area contributed by atoms with E-state index >= 15 is 0 Å². The molecule has 0 radical (unpaired) electrons. The Bertz CT molecular complexity index is 230. The molecule has 1 saturated carbocycles. The van der Waals surface area contributed by atoms with Crippen LogP contribution in [0.2, 0.25) is 0 Å². The second-order valence-corrected chi connectivity index (χ2v) is 5.16. The molecule has 1 amide bonds. The third-order valence-corrected chi connectivity index (χ3v) is 3.88. The average Bonchev–Trinajstić information content (AvgIpc) is 2.24. The summed E-state index contributed by atoms with van der Waals surface area (Å²) >= 11 is 0. The summed E-state index contributed by atoms with van der Waals surface area (Å²) in [6.45, 7) is 1.91. The highest BCUT2D eigenvalue weighted by Crippen LogP contribution is 2.24. The summed E-state index contributed by atoms with van der Waals surface area (Å²) < 4.78 is 0. The Morgan fingerprint density at radius 2 is 1.80 bits per heavy atom. The largest absolute Gasteiger partial charge is 0.342 e. The quantitative estimate of drug-likeness (QED) is 0.686. The van der Waals surface area contributed by atoms with Gasteiger partial charge in [-0.2, -0.15) is 0 Å². The second-order valence-electron chi connectivity index (χ2n) is 5.16. The minimum Gasteiger partial charge on any atom is -0.342 e. The third-order valence-electron chi connectivity index (χ3n) is 3.88. The molecule has 0 atom stereocenters. The summed E-state index contributed by atoms with van der Waals surface area (Å²) in [5.74, 6) is 0.655. The van der Waals surface area contributed by atoms with E-state index in [1.165, 1.54) is 32.1 Å². The fourth-order valence-electron chi connectivity index (χ4n) is 2.79. The lowest BCUT2D eigenvalue weighted by molar-refractivity contribution is -0.141. The zero-order valence-electron chi connectivity index (χ0n) is 9.91. The van der Waals surface area contributed by atoms with Crippen molar-refractivity contribution in [3.8, 4) is 0 Å². The van der Waals surface area contributed by atoms with Crippen molar-refractivity contribution in [3.63, 3.8) is 0 Å². The van der Waals surface area contributed by atoms with Crippen LogP contribution in [0.1, 0.15) is 32.1 Å². The smallest absolute Gasteiger partial charge is 0.228 e. The average molecular weight is 210 g/mol. The molecule has 15 heavy (non-hydrogen) atoms. The highest BCUT2D eigenvalue weighted by atomic mass is 16.2. The second kappa shape index (κ2) is 4.52. The maximum Gasteiger partial charge on any atom is 0.228 e. The van der Waals surface area contributed by atoms with E-state index in [1.54, 1.807) is 0 Å². The number of rotatable bonds is 2. The van der Waals surface area contributed by atoms with Crippen LogP contribution in [0, 0.1) is 5.92 Å². The van der Waals surface area contributed by atoms with E-state index in [1.807, 2.05) is 11.9 Å². The molecule has 0 unspecified atom stereocenters. The van der Waals surface area contributed by atoms with Gasteiger partial charge in [0.1, 0.15) is 0 Å². The molecule has 1 saturated heterocycles. The van der Waals surface area contributed by atoms with E-state index in [2.05, 4.69) is 11.9 Å². The van der Waals surface area contributed by atoms with Crippen LogP contribution in [0.25, 0.3) is 0 Å². The molecule has 0 aromatic rings. The molecular formula is C12H22N2O. The van der Waals surface area contributed by atoms with Crippen molar-refractivity contribution in [1.29, 1.82) is 0 Å². The van der Waals surface area contributed by atoms with Gasteiger partial charge >= 0.3 is 0 Å². The number of carbonyl (C=O) groups excluding carboxylic acids is 1. The summed E-state index contributed by atoms with van der Waals surface area (Å²) in [6, 6.07) is 0.525. The first-order chi connectivity index (χ1) is 7.18. The molecule has 2 fully saturated rings. The highest BCUT2D eigenvalue weighted by Gasteiger charge is 2.34. The van der Waals surface area contributed by atoms with Gasteiger partial charge in [-0.3, -0.25) is 4.79 Å². The van der Waals surface area contributed by atoms with Gasteiger partial charge in [-0.25, -0.2) is 0 Å². The van der Waals surface area contributed by atoms with Gasteiger partial charge < -0.3 is 9.80 Å². The normalized spacial score (nSPS) is 24.9. The van der Waals surface area contributed by atoms with Crippen molar-refractivity contribution in [3.05, 3.63) is 0 Å². The molecule has 1 heterocycles. The van der Waals surface area contributed by atoms with Gasteiger partial charge in [-0.15, -0.1) is 0 Å². The maximum absolute atomic E-state index is 12.1. The minimum atomic E-state index is 0.280. The van der Waals surface area contributed by atoms with Gasteiger partial charge in [0, 0.05) is 26.2 Å². The maximum atomic E-state index is 12.1. The van der Waals surface area contributed by atoms with Gasteiger partial charge in [0.05, 0.1) is 5.92 Å². The first kappa shape index (κ1) is 10.9. The monoisotopic (exact) mass is 210 g/mol. The molecule has 2 aliphatic rings. The number of hydrogen-bond acceptors (Lipinski definition) is 2. The Labute approximate surface area is 92.4 Å². The third kappa shape index (κ3) is 2.33. The molecule has 3 nitrogen and oxygen atoms in total. The number of likely N-dealkylation sites (tertiary alicyclic amines) is 1. The Kier molecular flexibility index (Phi) is 3.29. The number of nitrogens with zero attached hydrogens (tertiary/aromatic N) is 2. The lowest BCUT2D eigenvalue weighted by Gasteiger charge is -2.40. The predicted molar refractivity (Wildman–Crippen MR) is 60.6 cm³/mol. The van der Waals surface area contributed by atoms with Crippen molar-refractivity contribution < 1.29 is 4.79 Å². The van der Waals surface area contributed by atoms with E-state index in [0.717, 1.165) is 13.1 Å². The van der Waals surface area contributed by atoms with Crippen molar-refractivity contribution in [2.45, 2.75) is 38.1 Å². The fourth-order valence-corrected chi connectivity index (χ4v) is 2.79. The molecule has 2 rings (SSSR count). The summed E-state index contributed by atoms with van der Waals surface area (Å²) in [6.07, 6.45) is 6.38. The van der Waals surface area contributed by atoms with E-state index in [4.69, 9.17) is 0 Å². The SMILES string of the molecule is CN1CC(C(=O)N(C)C2CCCCC2)C1.